The van der Waals surface area contributed by atoms with Crippen LogP contribution in [0.15, 0.2) is 29.2 Å². The van der Waals surface area contributed by atoms with Crippen LogP contribution in [0.4, 0.5) is 0 Å². The molecule has 2 nitrogen and oxygen atoms in total. The van der Waals surface area contributed by atoms with E-state index in [4.69, 9.17) is 5.73 Å². The van der Waals surface area contributed by atoms with Gasteiger partial charge in [-0.3, -0.25) is 0 Å². The molecule has 2 unspecified atom stereocenters. The van der Waals surface area contributed by atoms with E-state index in [1.54, 1.807) is 11.8 Å². The number of aliphatic hydroxyl groups is 1. The van der Waals surface area contributed by atoms with E-state index in [-0.39, 0.29) is 28.7 Å². The molecule has 0 aliphatic heterocycles. The van der Waals surface area contributed by atoms with Gasteiger partial charge >= 0.3 is 0 Å². The first kappa shape index (κ1) is 17.5. The van der Waals surface area contributed by atoms with Crippen molar-refractivity contribution in [2.24, 2.45) is 11.1 Å². The summed E-state index contributed by atoms with van der Waals surface area (Å²) < 4.78 is 0. The van der Waals surface area contributed by atoms with Crippen LogP contribution in [0.3, 0.4) is 0 Å². The molecule has 1 aromatic rings. The van der Waals surface area contributed by atoms with Crippen molar-refractivity contribution >= 4 is 11.8 Å². The molecule has 0 bridgehead atoms. The molecule has 1 aromatic carbocycles. The van der Waals surface area contributed by atoms with Gasteiger partial charge in [0.1, 0.15) is 0 Å². The fourth-order valence-electron chi connectivity index (χ4n) is 1.99. The Balaban J connectivity index is 2.81. The first-order valence-electron chi connectivity index (χ1n) is 7.19. The van der Waals surface area contributed by atoms with Gasteiger partial charge in [0.05, 0.1) is 6.61 Å². The van der Waals surface area contributed by atoms with Crippen LogP contribution in [0.2, 0.25) is 0 Å². The van der Waals surface area contributed by atoms with Crippen LogP contribution in [-0.4, -0.2) is 23.0 Å². The molecule has 0 aromatic heterocycles. The van der Waals surface area contributed by atoms with Crippen molar-refractivity contribution in [3.05, 3.63) is 29.8 Å². The van der Waals surface area contributed by atoms with Crippen molar-refractivity contribution in [3.63, 3.8) is 0 Å². The van der Waals surface area contributed by atoms with E-state index in [2.05, 4.69) is 65.8 Å². The van der Waals surface area contributed by atoms with Crippen molar-refractivity contribution in [3.8, 4) is 0 Å². The second-order valence-electron chi connectivity index (χ2n) is 7.51. The summed E-state index contributed by atoms with van der Waals surface area (Å²) in [7, 11) is 0. The normalized spacial score (nSPS) is 16.0. The van der Waals surface area contributed by atoms with Gasteiger partial charge in [0.2, 0.25) is 0 Å². The molecule has 0 saturated heterocycles. The lowest BCUT2D eigenvalue weighted by Crippen LogP contribution is -2.45. The summed E-state index contributed by atoms with van der Waals surface area (Å²) in [6.07, 6.45) is 0. The maximum atomic E-state index is 9.60. The predicted octanol–water partition coefficient (Wildman–Crippen LogP) is 3.81. The Morgan fingerprint density at radius 1 is 1.05 bits per heavy atom. The molecular formula is C17H29NOS. The lowest BCUT2D eigenvalue weighted by molar-refractivity contribution is 0.233. The number of rotatable bonds is 4. The van der Waals surface area contributed by atoms with Crippen LogP contribution in [-0.2, 0) is 5.41 Å². The highest BCUT2D eigenvalue weighted by molar-refractivity contribution is 8.00. The van der Waals surface area contributed by atoms with Crippen LogP contribution in [0, 0.1) is 5.41 Å². The molecule has 3 N–H and O–H groups in total. The molecule has 114 valence electrons. The number of hydrogen-bond donors (Lipinski definition) is 2. The van der Waals surface area contributed by atoms with Gasteiger partial charge in [-0.2, -0.15) is 0 Å². The summed E-state index contributed by atoms with van der Waals surface area (Å²) in [5.74, 6) is 0. The van der Waals surface area contributed by atoms with Crippen LogP contribution in [0.5, 0.6) is 0 Å². The van der Waals surface area contributed by atoms with E-state index < -0.39 is 0 Å². The minimum absolute atomic E-state index is 0.00819. The first-order chi connectivity index (χ1) is 9.05. The van der Waals surface area contributed by atoms with Gasteiger partial charge in [0.25, 0.3) is 0 Å². The van der Waals surface area contributed by atoms with Crippen LogP contribution in [0.1, 0.15) is 47.1 Å². The van der Waals surface area contributed by atoms with Gasteiger partial charge in [-0.15, -0.1) is 11.8 Å². The van der Waals surface area contributed by atoms with E-state index in [0.717, 1.165) is 4.90 Å². The number of aliphatic hydroxyl groups excluding tert-OH is 1. The fourth-order valence-corrected chi connectivity index (χ4v) is 3.26. The average Bonchev–Trinajstić information content (AvgIpc) is 2.33. The average molecular weight is 295 g/mol. The standard InChI is InChI=1S/C17H29NOS/c1-16(2,3)12-7-9-13(10-8-12)20-14(11-19)15(18)17(4,5)6/h7-10,14-15,19H,11,18H2,1-6H3. The number of hydrogen-bond acceptors (Lipinski definition) is 3. The molecule has 3 heteroatoms. The SMILES string of the molecule is CC(C)(C)c1ccc(SC(CO)C(N)C(C)(C)C)cc1. The molecule has 0 radical (unpaired) electrons. The number of benzene rings is 1. The van der Waals surface area contributed by atoms with Gasteiger partial charge in [0.15, 0.2) is 0 Å². The molecule has 0 aliphatic rings. The van der Waals surface area contributed by atoms with Gasteiger partial charge in [-0.05, 0) is 28.5 Å². The molecule has 0 fully saturated rings. The summed E-state index contributed by atoms with van der Waals surface area (Å²) in [5.41, 5.74) is 7.75. The zero-order valence-corrected chi connectivity index (χ0v) is 14.4. The minimum Gasteiger partial charge on any atom is -0.395 e. The van der Waals surface area contributed by atoms with Gasteiger partial charge in [0, 0.05) is 16.2 Å². The van der Waals surface area contributed by atoms with Crippen LogP contribution in [0.25, 0.3) is 0 Å². The van der Waals surface area contributed by atoms with Crippen molar-refractivity contribution in [2.45, 2.75) is 63.1 Å². The molecule has 0 spiro atoms. The Kier molecular flexibility index (Phi) is 5.70. The summed E-state index contributed by atoms with van der Waals surface area (Å²) >= 11 is 1.67. The highest BCUT2D eigenvalue weighted by Gasteiger charge is 2.29. The van der Waals surface area contributed by atoms with Crippen molar-refractivity contribution < 1.29 is 5.11 Å². The summed E-state index contributed by atoms with van der Waals surface area (Å²) in [4.78, 5) is 1.16. The highest BCUT2D eigenvalue weighted by Crippen LogP contribution is 2.32. The maximum absolute atomic E-state index is 9.60. The Morgan fingerprint density at radius 2 is 1.55 bits per heavy atom. The van der Waals surface area contributed by atoms with E-state index >= 15 is 0 Å². The number of thioether (sulfide) groups is 1. The Hall–Kier alpha value is -0.510. The Morgan fingerprint density at radius 3 is 1.90 bits per heavy atom. The zero-order valence-electron chi connectivity index (χ0n) is 13.6. The van der Waals surface area contributed by atoms with E-state index in [0.29, 0.717) is 0 Å². The predicted molar refractivity (Wildman–Crippen MR) is 89.3 cm³/mol. The lowest BCUT2D eigenvalue weighted by Gasteiger charge is -2.33. The molecule has 0 amide bonds. The molecule has 0 heterocycles. The summed E-state index contributed by atoms with van der Waals surface area (Å²) in [6, 6.07) is 8.55. The quantitative estimate of drug-likeness (QED) is 0.830. The van der Waals surface area contributed by atoms with Crippen molar-refractivity contribution in [2.75, 3.05) is 6.61 Å². The topological polar surface area (TPSA) is 46.2 Å². The van der Waals surface area contributed by atoms with E-state index in [1.165, 1.54) is 5.56 Å². The summed E-state index contributed by atoms with van der Waals surface area (Å²) in [5, 5.41) is 9.63. The number of nitrogens with two attached hydrogens (primary N) is 1. The van der Waals surface area contributed by atoms with Crippen molar-refractivity contribution in [1.82, 2.24) is 0 Å². The maximum Gasteiger partial charge on any atom is 0.0568 e. The van der Waals surface area contributed by atoms with Crippen molar-refractivity contribution in [1.29, 1.82) is 0 Å². The zero-order chi connectivity index (χ0) is 15.6. The fraction of sp³-hybridized carbons (Fsp3) is 0.647. The molecule has 2 atom stereocenters. The van der Waals surface area contributed by atoms with Crippen LogP contribution < -0.4 is 5.73 Å². The van der Waals surface area contributed by atoms with E-state index in [1.807, 2.05) is 0 Å². The smallest absolute Gasteiger partial charge is 0.0568 e. The second-order valence-corrected chi connectivity index (χ2v) is 8.82. The molecule has 0 aliphatic carbocycles. The van der Waals surface area contributed by atoms with Crippen LogP contribution >= 0.6 is 11.8 Å². The molecule has 20 heavy (non-hydrogen) atoms. The van der Waals surface area contributed by atoms with Gasteiger partial charge < -0.3 is 10.8 Å². The molecular weight excluding hydrogens is 266 g/mol. The molecule has 0 saturated carbocycles. The molecule has 1 rings (SSSR count). The lowest BCUT2D eigenvalue weighted by atomic mass is 9.85. The highest BCUT2D eigenvalue weighted by atomic mass is 32.2. The van der Waals surface area contributed by atoms with E-state index in [9.17, 15) is 5.11 Å². The van der Waals surface area contributed by atoms with Gasteiger partial charge in [-0.1, -0.05) is 53.7 Å². The third-order valence-corrected chi connectivity index (χ3v) is 4.88. The Bertz CT molecular complexity index is 414. The third kappa shape index (κ3) is 4.80. The first-order valence-corrected chi connectivity index (χ1v) is 8.07. The monoisotopic (exact) mass is 295 g/mol. The largest absolute Gasteiger partial charge is 0.395 e. The van der Waals surface area contributed by atoms with Gasteiger partial charge in [-0.25, -0.2) is 0 Å². The summed E-state index contributed by atoms with van der Waals surface area (Å²) in [6.45, 7) is 13.1. The minimum atomic E-state index is -0.0419. The Labute approximate surface area is 128 Å². The second kappa shape index (κ2) is 6.50. The third-order valence-electron chi connectivity index (χ3n) is 3.59.